The molecule has 0 saturated heterocycles. The molecule has 0 fully saturated rings. The summed E-state index contributed by atoms with van der Waals surface area (Å²) in [6.07, 6.45) is -3.18. The predicted molar refractivity (Wildman–Crippen MR) is 48.6 cm³/mol. The van der Waals surface area contributed by atoms with Crippen LogP contribution in [-0.4, -0.2) is 12.3 Å². The topological polar surface area (TPSA) is 29.1 Å². The fourth-order valence-electron chi connectivity index (χ4n) is 1.63. The summed E-state index contributed by atoms with van der Waals surface area (Å²) in [5.41, 5.74) is 0.460. The Morgan fingerprint density at radius 3 is 2.73 bits per heavy atom. The van der Waals surface area contributed by atoms with E-state index in [1.165, 1.54) is 6.07 Å². The lowest BCUT2D eigenvalue weighted by Gasteiger charge is -2.08. The number of fused-ring (bicyclic) bond motifs is 1. The van der Waals surface area contributed by atoms with Crippen LogP contribution in [0.25, 0.3) is 0 Å². The standard InChI is InChI=1S/C10H8F3NO/c11-10(12,13)7-2-1-6-3-8(5-15)14-9(6)4-7/h1-2,4-5,8,14H,3H2. The molecule has 0 saturated carbocycles. The van der Waals surface area contributed by atoms with Crippen LogP contribution in [0.5, 0.6) is 0 Å². The summed E-state index contributed by atoms with van der Waals surface area (Å²) in [4.78, 5) is 10.5. The maximum Gasteiger partial charge on any atom is 0.416 e. The van der Waals surface area contributed by atoms with Crippen molar-refractivity contribution in [1.82, 2.24) is 0 Å². The Kier molecular flexibility index (Phi) is 2.17. The number of benzene rings is 1. The molecule has 0 bridgehead atoms. The van der Waals surface area contributed by atoms with Crippen LogP contribution < -0.4 is 5.32 Å². The monoisotopic (exact) mass is 215 g/mol. The van der Waals surface area contributed by atoms with Crippen molar-refractivity contribution in [1.29, 1.82) is 0 Å². The molecule has 0 aromatic heterocycles. The number of carbonyl (C=O) groups excluding carboxylic acids is 1. The Balaban J connectivity index is 2.34. The van der Waals surface area contributed by atoms with Gasteiger partial charge in [0, 0.05) is 12.1 Å². The minimum absolute atomic E-state index is 0.400. The molecule has 15 heavy (non-hydrogen) atoms. The molecule has 0 radical (unpaired) electrons. The number of hydrogen-bond donors (Lipinski definition) is 1. The van der Waals surface area contributed by atoms with Gasteiger partial charge in [-0.05, 0) is 17.7 Å². The van der Waals surface area contributed by atoms with Gasteiger partial charge in [-0.15, -0.1) is 0 Å². The third kappa shape index (κ3) is 1.82. The van der Waals surface area contributed by atoms with E-state index in [1.807, 2.05) is 0 Å². The minimum atomic E-state index is -4.34. The van der Waals surface area contributed by atoms with Crippen molar-refractivity contribution in [2.45, 2.75) is 18.6 Å². The van der Waals surface area contributed by atoms with Gasteiger partial charge in [0.05, 0.1) is 11.6 Å². The summed E-state index contributed by atoms with van der Waals surface area (Å²) >= 11 is 0. The molecule has 1 unspecified atom stereocenters. The zero-order valence-corrected chi connectivity index (χ0v) is 7.64. The highest BCUT2D eigenvalue weighted by atomic mass is 19.4. The van der Waals surface area contributed by atoms with Crippen LogP contribution in [0, 0.1) is 0 Å². The van der Waals surface area contributed by atoms with Gasteiger partial charge in [0.25, 0.3) is 0 Å². The molecule has 1 aromatic carbocycles. The van der Waals surface area contributed by atoms with Gasteiger partial charge >= 0.3 is 6.18 Å². The van der Waals surface area contributed by atoms with Crippen molar-refractivity contribution in [2.24, 2.45) is 0 Å². The van der Waals surface area contributed by atoms with Gasteiger partial charge in [0.2, 0.25) is 0 Å². The molecule has 1 atom stereocenters. The van der Waals surface area contributed by atoms with E-state index in [0.29, 0.717) is 18.4 Å². The summed E-state index contributed by atoms with van der Waals surface area (Å²) in [6.45, 7) is 0. The van der Waals surface area contributed by atoms with Crippen molar-refractivity contribution in [3.05, 3.63) is 29.3 Å². The summed E-state index contributed by atoms with van der Waals surface area (Å²) in [7, 11) is 0. The van der Waals surface area contributed by atoms with Crippen molar-refractivity contribution in [3.8, 4) is 0 Å². The van der Waals surface area contributed by atoms with Crippen LogP contribution in [0.15, 0.2) is 18.2 Å². The normalized spacial score (nSPS) is 19.5. The molecule has 1 heterocycles. The highest BCUT2D eigenvalue weighted by molar-refractivity contribution is 5.72. The van der Waals surface area contributed by atoms with Gasteiger partial charge in [0.1, 0.15) is 6.29 Å². The fraction of sp³-hybridized carbons (Fsp3) is 0.300. The lowest BCUT2D eigenvalue weighted by Crippen LogP contribution is -2.16. The van der Waals surface area contributed by atoms with Gasteiger partial charge in [-0.1, -0.05) is 6.07 Å². The number of aldehydes is 1. The second kappa shape index (κ2) is 3.25. The Labute approximate surface area is 84.1 Å². The van der Waals surface area contributed by atoms with Crippen LogP contribution in [0.1, 0.15) is 11.1 Å². The second-order valence-corrected chi connectivity index (χ2v) is 3.46. The van der Waals surface area contributed by atoms with Crippen molar-refractivity contribution in [3.63, 3.8) is 0 Å². The molecular formula is C10H8F3NO. The van der Waals surface area contributed by atoms with E-state index >= 15 is 0 Å². The molecule has 80 valence electrons. The summed E-state index contributed by atoms with van der Waals surface area (Å²) in [5.74, 6) is 0. The van der Waals surface area contributed by atoms with Gasteiger partial charge in [-0.3, -0.25) is 0 Å². The Morgan fingerprint density at radius 2 is 2.13 bits per heavy atom. The van der Waals surface area contributed by atoms with Gasteiger partial charge < -0.3 is 10.1 Å². The van der Waals surface area contributed by atoms with E-state index in [0.717, 1.165) is 17.7 Å². The van der Waals surface area contributed by atoms with E-state index < -0.39 is 17.8 Å². The number of nitrogens with one attached hydrogen (secondary N) is 1. The van der Waals surface area contributed by atoms with Gasteiger partial charge in [0.15, 0.2) is 0 Å². The molecule has 0 aliphatic carbocycles. The van der Waals surface area contributed by atoms with E-state index in [1.54, 1.807) is 0 Å². The SMILES string of the molecule is O=CC1Cc2ccc(C(F)(F)F)cc2N1. The molecule has 2 rings (SSSR count). The predicted octanol–water partition coefficient (Wildman–Crippen LogP) is 2.24. The molecule has 0 spiro atoms. The number of carbonyl (C=O) groups is 1. The smallest absolute Gasteiger partial charge is 0.375 e. The van der Waals surface area contributed by atoms with Crippen LogP contribution in [0.4, 0.5) is 18.9 Å². The Hall–Kier alpha value is -1.52. The highest BCUT2D eigenvalue weighted by Crippen LogP contribution is 2.34. The first kappa shape index (κ1) is 10.0. The minimum Gasteiger partial charge on any atom is -0.375 e. The van der Waals surface area contributed by atoms with Gasteiger partial charge in [-0.25, -0.2) is 0 Å². The lowest BCUT2D eigenvalue weighted by molar-refractivity contribution is -0.137. The summed E-state index contributed by atoms with van der Waals surface area (Å²) < 4.78 is 37.0. The second-order valence-electron chi connectivity index (χ2n) is 3.46. The van der Waals surface area contributed by atoms with Crippen LogP contribution in [0.3, 0.4) is 0 Å². The Bertz CT molecular complexity index is 400. The molecule has 2 nitrogen and oxygen atoms in total. The lowest BCUT2D eigenvalue weighted by atomic mass is 10.1. The maximum absolute atomic E-state index is 12.3. The number of anilines is 1. The molecule has 0 amide bonds. The zero-order chi connectivity index (χ0) is 11.1. The van der Waals surface area contributed by atoms with Crippen molar-refractivity contribution < 1.29 is 18.0 Å². The average molecular weight is 215 g/mol. The van der Waals surface area contributed by atoms with Crippen molar-refractivity contribution >= 4 is 12.0 Å². The number of alkyl halides is 3. The first-order valence-corrected chi connectivity index (χ1v) is 4.42. The number of halogens is 3. The molecular weight excluding hydrogens is 207 g/mol. The van der Waals surface area contributed by atoms with Crippen LogP contribution in [-0.2, 0) is 17.4 Å². The number of rotatable bonds is 1. The third-order valence-electron chi connectivity index (χ3n) is 2.38. The molecule has 1 aliphatic heterocycles. The number of hydrogen-bond acceptors (Lipinski definition) is 2. The fourth-order valence-corrected chi connectivity index (χ4v) is 1.63. The van der Waals surface area contributed by atoms with Crippen LogP contribution >= 0.6 is 0 Å². The highest BCUT2D eigenvalue weighted by Gasteiger charge is 2.32. The van der Waals surface area contributed by atoms with Gasteiger partial charge in [-0.2, -0.15) is 13.2 Å². The first-order valence-electron chi connectivity index (χ1n) is 4.42. The molecule has 1 aromatic rings. The van der Waals surface area contributed by atoms with Crippen LogP contribution in [0.2, 0.25) is 0 Å². The van der Waals surface area contributed by atoms with Crippen molar-refractivity contribution in [2.75, 3.05) is 5.32 Å². The largest absolute Gasteiger partial charge is 0.416 e. The molecule has 1 aliphatic rings. The molecule has 1 N–H and O–H groups in total. The molecule has 5 heteroatoms. The Morgan fingerprint density at radius 1 is 1.40 bits per heavy atom. The maximum atomic E-state index is 12.3. The third-order valence-corrected chi connectivity index (χ3v) is 2.38. The quantitative estimate of drug-likeness (QED) is 0.728. The first-order chi connectivity index (χ1) is 7.00. The zero-order valence-electron chi connectivity index (χ0n) is 7.64. The van der Waals surface area contributed by atoms with E-state index in [9.17, 15) is 18.0 Å². The summed E-state index contributed by atoms with van der Waals surface area (Å²) in [6, 6.07) is 3.09. The van der Waals surface area contributed by atoms with E-state index in [-0.39, 0.29) is 0 Å². The van der Waals surface area contributed by atoms with E-state index in [2.05, 4.69) is 5.32 Å². The summed E-state index contributed by atoms with van der Waals surface area (Å²) in [5, 5.41) is 2.73. The van der Waals surface area contributed by atoms with E-state index in [4.69, 9.17) is 0 Å². The average Bonchev–Trinajstić information content (AvgIpc) is 2.57.